The number of hydrogen-bond donors (Lipinski definition) is 0. The molecule has 64 valence electrons. The normalized spacial score (nSPS) is 11.4. The fourth-order valence-electron chi connectivity index (χ4n) is 0.626. The Morgan fingerprint density at radius 1 is 1.25 bits per heavy atom. The van der Waals surface area contributed by atoms with Crippen LogP contribution in [-0.4, -0.2) is 44.8 Å². The van der Waals surface area contributed by atoms with Crippen molar-refractivity contribution in [1.82, 2.24) is 0 Å². The summed E-state index contributed by atoms with van der Waals surface area (Å²) in [5, 5.41) is 0. The zero-order valence-corrected chi connectivity index (χ0v) is 7.11. The van der Waals surface area contributed by atoms with E-state index in [4.69, 9.17) is 4.52 Å². The SMILES string of the molecule is CO[PH](=O)Oc1ccccc1.[CaH2]. The van der Waals surface area contributed by atoms with Gasteiger partial charge in [0.2, 0.25) is 0 Å². The Bertz CT molecular complexity index is 240. The fraction of sp³-hybridized carbons (Fsp3) is 0.143. The Morgan fingerprint density at radius 3 is 2.33 bits per heavy atom. The summed E-state index contributed by atoms with van der Waals surface area (Å²) in [6, 6.07) is 8.92. The maximum atomic E-state index is 10.7. The van der Waals surface area contributed by atoms with E-state index in [1.165, 1.54) is 7.11 Å². The van der Waals surface area contributed by atoms with Crippen LogP contribution in [0.2, 0.25) is 0 Å². The minimum absolute atomic E-state index is 0. The first kappa shape index (κ1) is 12.5. The summed E-state index contributed by atoms with van der Waals surface area (Å²) in [6.45, 7) is 0. The van der Waals surface area contributed by atoms with Crippen molar-refractivity contribution in [2.45, 2.75) is 0 Å². The number of para-hydroxylation sites is 1. The first-order valence-corrected chi connectivity index (χ1v) is 4.36. The Morgan fingerprint density at radius 2 is 1.83 bits per heavy atom. The van der Waals surface area contributed by atoms with Crippen molar-refractivity contribution in [2.75, 3.05) is 7.11 Å². The molecule has 0 radical (unpaired) electrons. The van der Waals surface area contributed by atoms with Gasteiger partial charge in [-0.05, 0) is 12.1 Å². The molecule has 0 aliphatic rings. The summed E-state index contributed by atoms with van der Waals surface area (Å²) in [4.78, 5) is 0. The summed E-state index contributed by atoms with van der Waals surface area (Å²) in [6.07, 6.45) is 0. The van der Waals surface area contributed by atoms with Crippen molar-refractivity contribution < 1.29 is 13.6 Å². The van der Waals surface area contributed by atoms with E-state index in [0.29, 0.717) is 5.75 Å². The van der Waals surface area contributed by atoms with Gasteiger partial charge < -0.3 is 9.05 Å². The molecule has 1 atom stereocenters. The predicted octanol–water partition coefficient (Wildman–Crippen LogP) is 1.19. The minimum atomic E-state index is -2.33. The molecule has 5 heteroatoms. The topological polar surface area (TPSA) is 35.5 Å². The Labute approximate surface area is 102 Å². The van der Waals surface area contributed by atoms with Gasteiger partial charge in [0.25, 0.3) is 0 Å². The van der Waals surface area contributed by atoms with Crippen LogP contribution in [0.15, 0.2) is 30.3 Å². The van der Waals surface area contributed by atoms with Gasteiger partial charge in [0.15, 0.2) is 0 Å². The third kappa shape index (κ3) is 4.48. The van der Waals surface area contributed by atoms with Crippen molar-refractivity contribution in [2.24, 2.45) is 0 Å². The first-order valence-electron chi connectivity index (χ1n) is 3.14. The Hall–Kier alpha value is 0.470. The van der Waals surface area contributed by atoms with Crippen LogP contribution in [-0.2, 0) is 9.09 Å². The Balaban J connectivity index is 0.00000121. The molecular weight excluding hydrogens is 203 g/mol. The summed E-state index contributed by atoms with van der Waals surface area (Å²) >= 11 is 0. The van der Waals surface area contributed by atoms with E-state index in [1.54, 1.807) is 24.3 Å². The first-order chi connectivity index (χ1) is 5.33. The van der Waals surface area contributed by atoms with Crippen LogP contribution in [0, 0.1) is 0 Å². The molecule has 0 aliphatic carbocycles. The van der Waals surface area contributed by atoms with Crippen LogP contribution in [0.25, 0.3) is 0 Å². The van der Waals surface area contributed by atoms with E-state index in [2.05, 4.69) is 4.52 Å². The van der Waals surface area contributed by atoms with Crippen molar-refractivity contribution in [3.8, 4) is 5.75 Å². The van der Waals surface area contributed by atoms with E-state index in [9.17, 15) is 4.57 Å². The molecule has 1 aromatic carbocycles. The third-order valence-electron chi connectivity index (χ3n) is 1.11. The van der Waals surface area contributed by atoms with Gasteiger partial charge in [-0.25, -0.2) is 4.57 Å². The van der Waals surface area contributed by atoms with E-state index in [-0.39, 0.29) is 37.7 Å². The van der Waals surface area contributed by atoms with Crippen LogP contribution >= 0.6 is 8.25 Å². The molecule has 1 unspecified atom stereocenters. The predicted molar refractivity (Wildman–Crippen MR) is 51.6 cm³/mol. The van der Waals surface area contributed by atoms with Gasteiger partial charge in [-0.3, -0.25) is 0 Å². The molecule has 0 saturated heterocycles. The second-order valence-electron chi connectivity index (χ2n) is 1.87. The van der Waals surface area contributed by atoms with Gasteiger partial charge in [-0.2, -0.15) is 0 Å². The van der Waals surface area contributed by atoms with Gasteiger partial charge in [0.05, 0.1) is 0 Å². The van der Waals surface area contributed by atoms with Crippen LogP contribution in [0.1, 0.15) is 0 Å². The van der Waals surface area contributed by atoms with Gasteiger partial charge in [0, 0.05) is 7.11 Å². The molecule has 0 saturated carbocycles. The van der Waals surface area contributed by atoms with Crippen LogP contribution in [0.4, 0.5) is 0 Å². The summed E-state index contributed by atoms with van der Waals surface area (Å²) in [7, 11) is -0.980. The average molecular weight is 214 g/mol. The molecular formula is C7H11CaO3P. The number of benzene rings is 1. The monoisotopic (exact) mass is 214 g/mol. The van der Waals surface area contributed by atoms with Crippen molar-refractivity contribution in [3.05, 3.63) is 30.3 Å². The second-order valence-corrected chi connectivity index (χ2v) is 2.98. The van der Waals surface area contributed by atoms with E-state index in [0.717, 1.165) is 0 Å². The van der Waals surface area contributed by atoms with Crippen molar-refractivity contribution in [1.29, 1.82) is 0 Å². The van der Waals surface area contributed by atoms with Gasteiger partial charge in [0.1, 0.15) is 5.75 Å². The van der Waals surface area contributed by atoms with E-state index >= 15 is 0 Å². The Kier molecular flexibility index (Phi) is 7.20. The zero-order chi connectivity index (χ0) is 8.10. The summed E-state index contributed by atoms with van der Waals surface area (Å²) < 4.78 is 20.1. The van der Waals surface area contributed by atoms with Gasteiger partial charge in [-0.15, -0.1) is 0 Å². The molecule has 12 heavy (non-hydrogen) atoms. The molecule has 0 N–H and O–H groups in total. The standard InChI is InChI=1S/C7H9O3P.Ca.2H/c1-9-11(8)10-7-5-3-2-4-6-7;;;/h2-6,11H,1H3;;;. The summed E-state index contributed by atoms with van der Waals surface area (Å²) in [5.41, 5.74) is 0. The third-order valence-corrected chi connectivity index (χ3v) is 1.85. The van der Waals surface area contributed by atoms with Gasteiger partial charge in [-0.1, -0.05) is 18.2 Å². The molecule has 1 aromatic rings. The number of hydrogen-bond acceptors (Lipinski definition) is 3. The molecule has 0 spiro atoms. The van der Waals surface area contributed by atoms with E-state index < -0.39 is 8.25 Å². The van der Waals surface area contributed by atoms with Crippen LogP contribution < -0.4 is 4.52 Å². The molecule has 0 fully saturated rings. The quantitative estimate of drug-likeness (QED) is 0.560. The number of rotatable bonds is 3. The molecule has 0 bridgehead atoms. The summed E-state index contributed by atoms with van der Waals surface area (Å²) in [5.74, 6) is 0.568. The molecule has 0 aliphatic heterocycles. The second kappa shape index (κ2) is 6.93. The van der Waals surface area contributed by atoms with Crippen molar-refractivity contribution in [3.63, 3.8) is 0 Å². The molecule has 1 rings (SSSR count). The van der Waals surface area contributed by atoms with Gasteiger partial charge >= 0.3 is 46.0 Å². The molecule has 0 aromatic heterocycles. The molecule has 0 amide bonds. The molecule has 3 nitrogen and oxygen atoms in total. The van der Waals surface area contributed by atoms with E-state index in [1.807, 2.05) is 6.07 Å². The zero-order valence-electron chi connectivity index (χ0n) is 6.11. The van der Waals surface area contributed by atoms with Crippen molar-refractivity contribution >= 4 is 46.0 Å². The maximum absolute atomic E-state index is 10.7. The fourth-order valence-corrected chi connectivity index (χ4v) is 1.04. The average Bonchev–Trinajstić information content (AvgIpc) is 2.06. The van der Waals surface area contributed by atoms with Crippen LogP contribution in [0.5, 0.6) is 5.75 Å². The molecule has 0 heterocycles. The van der Waals surface area contributed by atoms with Crippen LogP contribution in [0.3, 0.4) is 0 Å².